The molecule has 0 bridgehead atoms. The molecular weight excluding hydrogens is 340 g/mol. The van der Waals surface area contributed by atoms with Crippen molar-refractivity contribution in [2.24, 2.45) is 10.9 Å². The fourth-order valence-corrected chi connectivity index (χ4v) is 3.95. The van der Waals surface area contributed by atoms with Crippen LogP contribution in [0.15, 0.2) is 16.6 Å². The summed E-state index contributed by atoms with van der Waals surface area (Å²) in [5.74, 6) is 0.776. The van der Waals surface area contributed by atoms with Crippen molar-refractivity contribution < 1.29 is 9.59 Å². The predicted octanol–water partition coefficient (Wildman–Crippen LogP) is 0.919. The molecule has 9 heteroatoms. The molecule has 1 aromatic heterocycles. The highest BCUT2D eigenvalue weighted by molar-refractivity contribution is 7.09. The number of aliphatic imine (C=N–C) groups is 1. The van der Waals surface area contributed by atoms with Crippen molar-refractivity contribution in [2.45, 2.75) is 38.8 Å². The van der Waals surface area contributed by atoms with E-state index in [0.717, 1.165) is 43.4 Å². The van der Waals surface area contributed by atoms with Crippen LogP contribution in [0.5, 0.6) is 0 Å². The Morgan fingerprint density at radius 1 is 1.48 bits per heavy atom. The first-order valence-corrected chi connectivity index (χ1v) is 9.46. The number of aromatic nitrogens is 1. The van der Waals surface area contributed by atoms with Crippen molar-refractivity contribution in [2.75, 3.05) is 19.6 Å². The van der Waals surface area contributed by atoms with Crippen LogP contribution < -0.4 is 16.0 Å². The molecule has 3 heterocycles. The molecule has 1 aromatic rings. The number of imide groups is 1. The van der Waals surface area contributed by atoms with Crippen LogP contribution in [0.3, 0.4) is 0 Å². The second-order valence-electron chi connectivity index (χ2n) is 6.47. The predicted molar refractivity (Wildman–Crippen MR) is 96.3 cm³/mol. The quantitative estimate of drug-likeness (QED) is 0.419. The van der Waals surface area contributed by atoms with Crippen molar-refractivity contribution in [1.29, 1.82) is 0 Å². The van der Waals surface area contributed by atoms with Crippen molar-refractivity contribution in [3.05, 3.63) is 16.6 Å². The number of carbonyl (C=O) groups is 2. The number of nitrogens with zero attached hydrogens (tertiary/aromatic N) is 3. The van der Waals surface area contributed by atoms with Crippen LogP contribution in [-0.2, 0) is 11.3 Å². The smallest absolute Gasteiger partial charge is 0.322 e. The van der Waals surface area contributed by atoms with Gasteiger partial charge in [-0.2, -0.15) is 0 Å². The summed E-state index contributed by atoms with van der Waals surface area (Å²) in [5.41, 5.74) is -0.806. The van der Waals surface area contributed by atoms with E-state index in [1.165, 1.54) is 0 Å². The van der Waals surface area contributed by atoms with Crippen LogP contribution in [0.4, 0.5) is 4.79 Å². The SMILES string of the molecule is CCNC(=NCc1nccs1)N1CCC(C2(C)NC(=O)NC2=O)CC1. The second kappa shape index (κ2) is 7.38. The molecule has 3 rings (SSSR count). The lowest BCUT2D eigenvalue weighted by Gasteiger charge is -2.39. The van der Waals surface area contributed by atoms with E-state index in [1.807, 2.05) is 19.2 Å². The van der Waals surface area contributed by atoms with E-state index in [4.69, 9.17) is 0 Å². The Kier molecular flexibility index (Phi) is 5.22. The monoisotopic (exact) mass is 364 g/mol. The topological polar surface area (TPSA) is 98.7 Å². The van der Waals surface area contributed by atoms with Crippen LogP contribution in [0, 0.1) is 5.92 Å². The molecule has 2 aliphatic heterocycles. The number of likely N-dealkylation sites (tertiary alicyclic amines) is 1. The van der Waals surface area contributed by atoms with Crippen LogP contribution in [0.1, 0.15) is 31.7 Å². The summed E-state index contributed by atoms with van der Waals surface area (Å²) >= 11 is 1.60. The number of thiazole rings is 1. The van der Waals surface area contributed by atoms with Gasteiger partial charge in [0.15, 0.2) is 5.96 Å². The Balaban J connectivity index is 1.62. The van der Waals surface area contributed by atoms with Gasteiger partial charge in [-0.25, -0.2) is 14.8 Å². The van der Waals surface area contributed by atoms with E-state index < -0.39 is 11.6 Å². The third kappa shape index (κ3) is 3.76. The maximum Gasteiger partial charge on any atom is 0.322 e. The third-order valence-electron chi connectivity index (χ3n) is 4.87. The van der Waals surface area contributed by atoms with Gasteiger partial charge in [0, 0.05) is 31.2 Å². The Bertz CT molecular complexity index is 654. The number of amides is 3. The molecule has 0 aromatic carbocycles. The number of rotatable bonds is 4. The van der Waals surface area contributed by atoms with Gasteiger partial charge in [-0.1, -0.05) is 0 Å². The lowest BCUT2D eigenvalue weighted by Crippen LogP contribution is -2.55. The van der Waals surface area contributed by atoms with Crippen LogP contribution in [0.25, 0.3) is 0 Å². The number of urea groups is 1. The molecule has 0 spiro atoms. The zero-order chi connectivity index (χ0) is 17.9. The first-order valence-electron chi connectivity index (χ1n) is 8.58. The Labute approximate surface area is 151 Å². The minimum absolute atomic E-state index is 0.122. The van der Waals surface area contributed by atoms with Gasteiger partial charge >= 0.3 is 6.03 Å². The summed E-state index contributed by atoms with van der Waals surface area (Å²) < 4.78 is 0. The first kappa shape index (κ1) is 17.7. The van der Waals surface area contributed by atoms with Gasteiger partial charge < -0.3 is 15.5 Å². The van der Waals surface area contributed by atoms with Gasteiger partial charge in [0.25, 0.3) is 5.91 Å². The van der Waals surface area contributed by atoms with E-state index >= 15 is 0 Å². The number of nitrogens with one attached hydrogen (secondary N) is 3. The summed E-state index contributed by atoms with van der Waals surface area (Å²) in [6, 6.07) is -0.395. The Morgan fingerprint density at radius 2 is 2.24 bits per heavy atom. The summed E-state index contributed by atoms with van der Waals surface area (Å²) in [6.07, 6.45) is 3.44. The highest BCUT2D eigenvalue weighted by Gasteiger charge is 2.48. The molecule has 3 N–H and O–H groups in total. The number of hydrogen-bond donors (Lipinski definition) is 3. The largest absolute Gasteiger partial charge is 0.357 e. The molecule has 8 nitrogen and oxygen atoms in total. The summed E-state index contributed by atoms with van der Waals surface area (Å²) in [4.78, 5) is 34.7. The van der Waals surface area contributed by atoms with E-state index in [0.29, 0.717) is 6.54 Å². The molecule has 1 unspecified atom stereocenters. The number of piperidine rings is 1. The number of carbonyl (C=O) groups excluding carboxylic acids is 2. The highest BCUT2D eigenvalue weighted by atomic mass is 32.1. The van der Waals surface area contributed by atoms with Gasteiger partial charge in [0.05, 0.1) is 6.54 Å². The normalized spacial score (nSPS) is 25.0. The van der Waals surface area contributed by atoms with E-state index in [1.54, 1.807) is 17.5 Å². The third-order valence-corrected chi connectivity index (χ3v) is 5.63. The Hall–Kier alpha value is -2.16. The summed E-state index contributed by atoms with van der Waals surface area (Å²) in [7, 11) is 0. The van der Waals surface area contributed by atoms with Gasteiger partial charge in [-0.3, -0.25) is 10.1 Å². The molecule has 1 atom stereocenters. The summed E-state index contributed by atoms with van der Waals surface area (Å²) in [5, 5.41) is 11.4. The molecule has 136 valence electrons. The second-order valence-corrected chi connectivity index (χ2v) is 7.45. The van der Waals surface area contributed by atoms with Crippen LogP contribution >= 0.6 is 11.3 Å². The average molecular weight is 364 g/mol. The molecular formula is C16H24N6O2S. The minimum Gasteiger partial charge on any atom is -0.357 e. The van der Waals surface area contributed by atoms with Crippen molar-refractivity contribution in [3.63, 3.8) is 0 Å². The van der Waals surface area contributed by atoms with E-state index in [-0.39, 0.29) is 11.8 Å². The van der Waals surface area contributed by atoms with E-state index in [2.05, 4.69) is 30.8 Å². The molecule has 25 heavy (non-hydrogen) atoms. The molecule has 2 aliphatic rings. The fourth-order valence-electron chi connectivity index (χ4n) is 3.41. The lowest BCUT2D eigenvalue weighted by molar-refractivity contribution is -0.125. The molecule has 2 fully saturated rings. The minimum atomic E-state index is -0.806. The molecule has 2 saturated heterocycles. The summed E-state index contributed by atoms with van der Waals surface area (Å²) in [6.45, 7) is 6.82. The maximum atomic E-state index is 12.1. The zero-order valence-electron chi connectivity index (χ0n) is 14.5. The Morgan fingerprint density at radius 3 is 2.80 bits per heavy atom. The lowest BCUT2D eigenvalue weighted by atomic mass is 9.79. The average Bonchev–Trinajstić information content (AvgIpc) is 3.20. The molecule has 3 amide bonds. The van der Waals surface area contributed by atoms with Gasteiger partial charge in [0.2, 0.25) is 0 Å². The zero-order valence-corrected chi connectivity index (χ0v) is 15.4. The van der Waals surface area contributed by atoms with Crippen molar-refractivity contribution >= 4 is 29.2 Å². The fraction of sp³-hybridized carbons (Fsp3) is 0.625. The first-order chi connectivity index (χ1) is 12.0. The van der Waals surface area contributed by atoms with Gasteiger partial charge in [-0.05, 0) is 32.6 Å². The van der Waals surface area contributed by atoms with Crippen LogP contribution in [-0.4, -0.2) is 53.0 Å². The van der Waals surface area contributed by atoms with E-state index in [9.17, 15) is 9.59 Å². The van der Waals surface area contributed by atoms with Crippen molar-refractivity contribution in [1.82, 2.24) is 25.8 Å². The van der Waals surface area contributed by atoms with Crippen LogP contribution in [0.2, 0.25) is 0 Å². The van der Waals surface area contributed by atoms with Crippen molar-refractivity contribution in [3.8, 4) is 0 Å². The standard InChI is InChI=1S/C16H24N6O2S/c1-3-17-14(19-10-12-18-6-9-25-12)22-7-4-11(5-8-22)16(2)13(23)20-15(24)21-16/h6,9,11H,3-5,7-8,10H2,1-2H3,(H,17,19)(H2,20,21,23,24). The number of hydrogen-bond acceptors (Lipinski definition) is 5. The molecule has 0 radical (unpaired) electrons. The molecule has 0 aliphatic carbocycles. The molecule has 0 saturated carbocycles. The van der Waals surface area contributed by atoms with Gasteiger partial charge in [0.1, 0.15) is 10.5 Å². The maximum absolute atomic E-state index is 12.1. The highest BCUT2D eigenvalue weighted by Crippen LogP contribution is 2.30. The van der Waals surface area contributed by atoms with Gasteiger partial charge in [-0.15, -0.1) is 11.3 Å². The number of guanidine groups is 1.